The fourth-order valence-corrected chi connectivity index (χ4v) is 2.76. The first kappa shape index (κ1) is 19.9. The van der Waals surface area contributed by atoms with Crippen LogP contribution in [0.1, 0.15) is 26.2 Å². The monoisotopic (exact) mass is 392 g/mol. The van der Waals surface area contributed by atoms with Gasteiger partial charge in [0.15, 0.2) is 23.5 Å². The number of methoxy groups -OCH3 is 1. The molecule has 5 nitrogen and oxygen atoms in total. The quantitative estimate of drug-likeness (QED) is 0.672. The molecule has 7 heteroatoms. The highest BCUT2D eigenvalue weighted by Crippen LogP contribution is 2.38. The number of hydrogen-bond acceptors (Lipinski definition) is 4. The van der Waals surface area contributed by atoms with Gasteiger partial charge in [0, 0.05) is 11.6 Å². The molecule has 0 bridgehead atoms. The first-order valence-electron chi connectivity index (χ1n) is 9.12. The van der Waals surface area contributed by atoms with Gasteiger partial charge in [-0.15, -0.1) is 0 Å². The topological polar surface area (TPSA) is 65.0 Å². The zero-order chi connectivity index (χ0) is 20.3. The van der Waals surface area contributed by atoms with E-state index in [9.17, 15) is 13.6 Å². The smallest absolute Gasteiger partial charge is 0.344 e. The zero-order valence-electron chi connectivity index (χ0n) is 15.7. The average Bonchev–Trinajstić information content (AvgIpc) is 3.49. The predicted molar refractivity (Wildman–Crippen MR) is 98.9 cm³/mol. The molecule has 1 aliphatic carbocycles. The number of rotatable bonds is 9. The minimum atomic E-state index is -1.33. The number of hydrogen-bond donors (Lipinski definition) is 1. The summed E-state index contributed by atoms with van der Waals surface area (Å²) in [5.74, 6) is -2.38. The Kier molecular flexibility index (Phi) is 6.02. The molecule has 0 spiro atoms. The molecule has 0 heterocycles. The SMILES string of the molecule is CCC(Oc1c(F)cc(-c2ccc(OC)cc2OCC2CC2)cc1F)C(=O)O. The van der Waals surface area contributed by atoms with Gasteiger partial charge in [0.2, 0.25) is 0 Å². The molecule has 28 heavy (non-hydrogen) atoms. The number of carboxylic acid groups (broad SMARTS) is 1. The van der Waals surface area contributed by atoms with Crippen LogP contribution < -0.4 is 14.2 Å². The molecule has 0 radical (unpaired) electrons. The Hall–Kier alpha value is -2.83. The standard InChI is InChI=1S/C21H22F2O5/c1-3-18(21(24)25)28-20-16(22)8-13(9-17(20)23)15-7-6-14(26-2)10-19(15)27-11-12-4-5-12/h6-10,12,18H,3-5,11H2,1-2H3,(H,24,25). The summed E-state index contributed by atoms with van der Waals surface area (Å²) in [6.07, 6.45) is 0.967. The first-order valence-corrected chi connectivity index (χ1v) is 9.12. The Morgan fingerprint density at radius 3 is 2.43 bits per heavy atom. The van der Waals surface area contributed by atoms with Crippen molar-refractivity contribution in [2.24, 2.45) is 5.92 Å². The third-order valence-corrected chi connectivity index (χ3v) is 4.58. The van der Waals surface area contributed by atoms with E-state index in [0.717, 1.165) is 25.0 Å². The van der Waals surface area contributed by atoms with Gasteiger partial charge in [-0.25, -0.2) is 13.6 Å². The van der Waals surface area contributed by atoms with E-state index in [1.165, 1.54) is 7.11 Å². The minimum Gasteiger partial charge on any atom is -0.497 e. The molecule has 1 unspecified atom stereocenters. The molecular formula is C21H22F2O5. The average molecular weight is 392 g/mol. The van der Waals surface area contributed by atoms with Crippen molar-refractivity contribution in [3.63, 3.8) is 0 Å². The Labute approximate surface area is 161 Å². The van der Waals surface area contributed by atoms with Crippen molar-refractivity contribution in [3.8, 4) is 28.4 Å². The molecule has 0 amide bonds. The zero-order valence-corrected chi connectivity index (χ0v) is 15.7. The van der Waals surface area contributed by atoms with Gasteiger partial charge in [-0.05, 0) is 55.0 Å². The lowest BCUT2D eigenvalue weighted by atomic mass is 10.0. The highest BCUT2D eigenvalue weighted by atomic mass is 19.1. The summed E-state index contributed by atoms with van der Waals surface area (Å²) in [4.78, 5) is 11.1. The van der Waals surface area contributed by atoms with Crippen molar-refractivity contribution < 1.29 is 32.9 Å². The summed E-state index contributed by atoms with van der Waals surface area (Å²) in [7, 11) is 1.53. The van der Waals surface area contributed by atoms with Crippen molar-refractivity contribution in [3.05, 3.63) is 42.0 Å². The summed E-state index contributed by atoms with van der Waals surface area (Å²) in [6, 6.07) is 7.24. The fourth-order valence-electron chi connectivity index (χ4n) is 2.76. The Morgan fingerprint density at radius 2 is 1.89 bits per heavy atom. The highest BCUT2D eigenvalue weighted by molar-refractivity contribution is 5.74. The second-order valence-corrected chi connectivity index (χ2v) is 6.74. The molecule has 1 aliphatic rings. The van der Waals surface area contributed by atoms with Gasteiger partial charge >= 0.3 is 5.97 Å². The Bertz CT molecular complexity index is 841. The molecule has 2 aromatic carbocycles. The van der Waals surface area contributed by atoms with Gasteiger partial charge in [0.05, 0.1) is 13.7 Å². The second-order valence-electron chi connectivity index (χ2n) is 6.74. The molecule has 0 saturated heterocycles. The van der Waals surface area contributed by atoms with Crippen LogP contribution in [0, 0.1) is 17.6 Å². The third kappa shape index (κ3) is 4.52. The second kappa shape index (κ2) is 8.46. The molecular weight excluding hydrogens is 370 g/mol. The maximum atomic E-state index is 14.5. The Balaban J connectivity index is 1.93. The van der Waals surface area contributed by atoms with E-state index < -0.39 is 29.5 Å². The van der Waals surface area contributed by atoms with Gasteiger partial charge in [0.1, 0.15) is 11.5 Å². The van der Waals surface area contributed by atoms with E-state index in [-0.39, 0.29) is 12.0 Å². The van der Waals surface area contributed by atoms with Crippen molar-refractivity contribution in [1.82, 2.24) is 0 Å². The summed E-state index contributed by atoms with van der Waals surface area (Å²) >= 11 is 0. The lowest BCUT2D eigenvalue weighted by Crippen LogP contribution is -2.26. The van der Waals surface area contributed by atoms with E-state index in [0.29, 0.717) is 29.6 Å². The molecule has 3 rings (SSSR count). The largest absolute Gasteiger partial charge is 0.497 e. The number of carbonyl (C=O) groups is 1. The van der Waals surface area contributed by atoms with E-state index in [1.54, 1.807) is 25.1 Å². The summed E-state index contributed by atoms with van der Waals surface area (Å²) in [6.45, 7) is 2.09. The number of aliphatic carboxylic acids is 1. The number of carboxylic acids is 1. The van der Waals surface area contributed by atoms with Crippen LogP contribution in [0.2, 0.25) is 0 Å². The van der Waals surface area contributed by atoms with Crippen LogP contribution in [-0.2, 0) is 4.79 Å². The fraction of sp³-hybridized carbons (Fsp3) is 0.381. The molecule has 1 fully saturated rings. The molecule has 1 saturated carbocycles. The molecule has 1 atom stereocenters. The van der Waals surface area contributed by atoms with Crippen LogP contribution in [0.5, 0.6) is 17.2 Å². The molecule has 150 valence electrons. The summed E-state index contributed by atoms with van der Waals surface area (Å²) in [5, 5.41) is 9.05. The van der Waals surface area contributed by atoms with E-state index in [2.05, 4.69) is 0 Å². The maximum Gasteiger partial charge on any atom is 0.344 e. The number of halogens is 2. The predicted octanol–water partition coefficient (Wildman–Crippen LogP) is 4.67. The van der Waals surface area contributed by atoms with Gasteiger partial charge in [0.25, 0.3) is 0 Å². The van der Waals surface area contributed by atoms with Crippen LogP contribution in [0.3, 0.4) is 0 Å². The van der Waals surface area contributed by atoms with Crippen LogP contribution in [-0.4, -0.2) is 30.9 Å². The molecule has 0 aromatic heterocycles. The summed E-state index contributed by atoms with van der Waals surface area (Å²) in [5.41, 5.74) is 0.773. The third-order valence-electron chi connectivity index (χ3n) is 4.58. The van der Waals surface area contributed by atoms with Crippen molar-refractivity contribution in [2.75, 3.05) is 13.7 Å². The first-order chi connectivity index (χ1) is 13.4. The normalized spacial score (nSPS) is 14.4. The van der Waals surface area contributed by atoms with Crippen LogP contribution in [0.4, 0.5) is 8.78 Å². The van der Waals surface area contributed by atoms with Crippen molar-refractivity contribution >= 4 is 5.97 Å². The van der Waals surface area contributed by atoms with E-state index in [4.69, 9.17) is 19.3 Å². The number of benzene rings is 2. The van der Waals surface area contributed by atoms with E-state index in [1.807, 2.05) is 0 Å². The minimum absolute atomic E-state index is 0.0770. The lowest BCUT2D eigenvalue weighted by Gasteiger charge is -2.17. The molecule has 0 aliphatic heterocycles. The number of ether oxygens (including phenoxy) is 3. The van der Waals surface area contributed by atoms with Crippen LogP contribution >= 0.6 is 0 Å². The highest BCUT2D eigenvalue weighted by Gasteiger charge is 2.24. The van der Waals surface area contributed by atoms with Gasteiger partial charge < -0.3 is 19.3 Å². The summed E-state index contributed by atoms with van der Waals surface area (Å²) < 4.78 is 45.2. The van der Waals surface area contributed by atoms with Crippen LogP contribution in [0.15, 0.2) is 30.3 Å². The van der Waals surface area contributed by atoms with Gasteiger partial charge in [-0.1, -0.05) is 6.92 Å². The van der Waals surface area contributed by atoms with Crippen molar-refractivity contribution in [1.29, 1.82) is 0 Å². The molecule has 2 aromatic rings. The lowest BCUT2D eigenvalue weighted by molar-refractivity contribution is -0.145. The van der Waals surface area contributed by atoms with Crippen molar-refractivity contribution in [2.45, 2.75) is 32.3 Å². The maximum absolute atomic E-state index is 14.5. The van der Waals surface area contributed by atoms with Crippen LogP contribution in [0.25, 0.3) is 11.1 Å². The van der Waals surface area contributed by atoms with Gasteiger partial charge in [-0.2, -0.15) is 0 Å². The molecule has 1 N–H and O–H groups in total. The van der Waals surface area contributed by atoms with Gasteiger partial charge in [-0.3, -0.25) is 0 Å². The Morgan fingerprint density at radius 1 is 1.21 bits per heavy atom. The van der Waals surface area contributed by atoms with E-state index >= 15 is 0 Å².